The summed E-state index contributed by atoms with van der Waals surface area (Å²) in [7, 11) is 2.18. The van der Waals surface area contributed by atoms with Gasteiger partial charge in [0.2, 0.25) is 23.7 Å². The lowest BCUT2D eigenvalue weighted by Gasteiger charge is -2.40. The predicted molar refractivity (Wildman–Crippen MR) is 488 cm³/mol. The molecule has 31 heteroatoms. The molecule has 4 aromatic heterocycles. The number of amides is 2. The number of ether oxygens (including phenoxy) is 12. The number of aromatic nitrogens is 8. The van der Waals surface area contributed by atoms with Crippen LogP contribution in [0.2, 0.25) is 18.1 Å². The molecule has 7 atom stereocenters. The predicted octanol–water partition coefficient (Wildman–Crippen LogP) is 17.9. The van der Waals surface area contributed by atoms with Crippen LogP contribution in [0.3, 0.4) is 0 Å². The summed E-state index contributed by atoms with van der Waals surface area (Å²) in [4.78, 5) is 57.3. The number of anilines is 2. The van der Waals surface area contributed by atoms with E-state index in [2.05, 4.69) is 95.1 Å². The fraction of sp³-hybridized carbons (Fsp3) is 0.371. The van der Waals surface area contributed by atoms with Crippen molar-refractivity contribution in [1.82, 2.24) is 43.7 Å². The number of methoxy groups -OCH3 is 4. The van der Waals surface area contributed by atoms with Crippen LogP contribution in [0.15, 0.2) is 231 Å². The normalized spacial score (nSPS) is 16.9. The van der Waals surface area contributed by atoms with Crippen molar-refractivity contribution in [2.24, 2.45) is 0 Å². The highest BCUT2D eigenvalue weighted by Crippen LogP contribution is 2.53. The molecule has 8 aromatic carbocycles. The highest BCUT2D eigenvalue weighted by molar-refractivity contribution is 7.44. The van der Waals surface area contributed by atoms with Gasteiger partial charge in [0.25, 0.3) is 20.3 Å². The SMILES string of the molecule is COc1ccc(C(OC[C@H]2O[C@@H](n3cnc4c(OCCCCOc5nc(NC(=O)COc6ccccc6)nc6c5ncn6[C@H]5C[C@H](O[Si](C)(C)C(C)(C)C)[C@@H](COC(c6ccccc6)(c6ccc(OC)cc6)c6ccc(OC)cc6)O5)nc(NC(=O)COc5ccccc5)nc43)C[C@@H]2OP(OCCC#N)N(C(C)C)C(C)C)(c2ccccc2)c2ccc(OC)cc2)cc1. The Morgan fingerprint density at radius 1 is 0.492 bits per heavy atom. The number of nitrogens with zero attached hydrogens (tertiary/aromatic N) is 10. The Morgan fingerprint density at radius 3 is 1.21 bits per heavy atom. The molecule has 0 spiro atoms. The summed E-state index contributed by atoms with van der Waals surface area (Å²) < 4.78 is 104. The van der Waals surface area contributed by atoms with E-state index in [0.29, 0.717) is 64.9 Å². The van der Waals surface area contributed by atoms with E-state index in [0.717, 1.165) is 33.4 Å². The van der Waals surface area contributed by atoms with E-state index in [1.165, 1.54) is 0 Å². The van der Waals surface area contributed by atoms with Crippen LogP contribution < -0.4 is 48.5 Å². The number of nitrogens with one attached hydrogen (secondary N) is 2. The van der Waals surface area contributed by atoms with E-state index in [9.17, 15) is 14.9 Å². The molecule has 12 aromatic rings. The molecule has 14 rings (SSSR count). The van der Waals surface area contributed by atoms with Crippen molar-refractivity contribution in [3.63, 3.8) is 0 Å². The molecule has 0 bridgehead atoms. The van der Waals surface area contributed by atoms with Crippen molar-refractivity contribution in [2.75, 3.05) is 85.3 Å². The number of carbonyl (C=O) groups excluding carboxylic acids is 2. The van der Waals surface area contributed by atoms with Crippen molar-refractivity contribution >= 4 is 62.9 Å². The molecule has 2 aliphatic rings. The first-order chi connectivity index (χ1) is 62.0. The molecule has 670 valence electrons. The fourth-order valence-corrected chi connectivity index (χ4v) is 18.6. The smallest absolute Gasteiger partial charge is 0.264 e. The Hall–Kier alpha value is -12.0. The van der Waals surface area contributed by atoms with Crippen molar-refractivity contribution in [1.29, 1.82) is 5.26 Å². The maximum absolute atomic E-state index is 14.0. The topological polar surface area (TPSA) is 311 Å². The molecule has 2 amide bonds. The summed E-state index contributed by atoms with van der Waals surface area (Å²) >= 11 is 0. The maximum Gasteiger partial charge on any atom is 0.264 e. The maximum atomic E-state index is 14.0. The van der Waals surface area contributed by atoms with Gasteiger partial charge in [-0.05, 0) is 165 Å². The second kappa shape index (κ2) is 42.3. The minimum Gasteiger partial charge on any atom is -0.497 e. The van der Waals surface area contributed by atoms with Crippen molar-refractivity contribution in [2.45, 2.75) is 159 Å². The van der Waals surface area contributed by atoms with Gasteiger partial charge in [0.05, 0.1) is 98.8 Å². The zero-order valence-corrected chi connectivity index (χ0v) is 76.3. The number of para-hydroxylation sites is 2. The highest BCUT2D eigenvalue weighted by Gasteiger charge is 2.50. The minimum absolute atomic E-state index is 0.0299. The van der Waals surface area contributed by atoms with Gasteiger partial charge in [-0.3, -0.25) is 29.4 Å². The Balaban J connectivity index is 0.756. The number of fused-ring (bicyclic) bond motifs is 2. The first-order valence-electron chi connectivity index (χ1n) is 42.9. The Morgan fingerprint density at radius 2 is 0.852 bits per heavy atom. The van der Waals surface area contributed by atoms with Crippen molar-refractivity contribution in [3.8, 4) is 52.3 Å². The molecule has 1 unspecified atom stereocenters. The molecule has 0 radical (unpaired) electrons. The molecule has 0 saturated carbocycles. The third kappa shape index (κ3) is 21.5. The number of benzene rings is 8. The van der Waals surface area contributed by atoms with E-state index in [1.807, 2.05) is 187 Å². The first-order valence-corrected chi connectivity index (χ1v) is 47.0. The number of rotatable bonds is 43. The zero-order valence-electron chi connectivity index (χ0n) is 74.4. The van der Waals surface area contributed by atoms with E-state index in [-0.39, 0.29) is 111 Å². The number of carbonyl (C=O) groups is 2. The van der Waals surface area contributed by atoms with Gasteiger partial charge >= 0.3 is 0 Å². The average Bonchev–Trinajstić information content (AvgIpc) is 1.72. The molecule has 2 saturated heterocycles. The Bertz CT molecular complexity index is 5540. The third-order valence-electron chi connectivity index (χ3n) is 22.9. The number of hydrogen-bond acceptors (Lipinski definition) is 25. The van der Waals surface area contributed by atoms with Gasteiger partial charge in [0, 0.05) is 24.9 Å². The third-order valence-corrected chi connectivity index (χ3v) is 29.6. The summed E-state index contributed by atoms with van der Waals surface area (Å²) in [5.41, 5.74) is 3.77. The fourth-order valence-electron chi connectivity index (χ4n) is 15.5. The van der Waals surface area contributed by atoms with Crippen LogP contribution in [0.5, 0.6) is 46.3 Å². The number of unbranched alkanes of at least 4 members (excludes halogenated alkanes) is 1. The molecule has 2 N–H and O–H groups in total. The summed E-state index contributed by atoms with van der Waals surface area (Å²) in [6.45, 7) is 19.0. The quantitative estimate of drug-likeness (QED) is 0.0155. The van der Waals surface area contributed by atoms with Crippen LogP contribution in [0, 0.1) is 11.3 Å². The molecule has 2 aliphatic heterocycles. The average molecular weight is 1780 g/mol. The van der Waals surface area contributed by atoms with E-state index < -0.39 is 76.7 Å². The monoisotopic (exact) mass is 1770 g/mol. The van der Waals surface area contributed by atoms with Crippen molar-refractivity contribution in [3.05, 3.63) is 264 Å². The van der Waals surface area contributed by atoms with Gasteiger partial charge in [-0.2, -0.15) is 25.2 Å². The van der Waals surface area contributed by atoms with E-state index >= 15 is 0 Å². The van der Waals surface area contributed by atoms with Gasteiger partial charge in [0.1, 0.15) is 70.4 Å². The molecular weight excluding hydrogens is 1660 g/mol. The number of nitriles is 1. The summed E-state index contributed by atoms with van der Waals surface area (Å²) in [5.74, 6) is 2.63. The Kier molecular flexibility index (Phi) is 30.5. The lowest BCUT2D eigenvalue weighted by Crippen LogP contribution is -2.47. The number of hydrogen-bond donors (Lipinski definition) is 2. The first kappa shape index (κ1) is 92.2. The lowest BCUT2D eigenvalue weighted by molar-refractivity contribution is -0.118. The van der Waals surface area contributed by atoms with E-state index in [4.69, 9.17) is 100 Å². The lowest BCUT2D eigenvalue weighted by atomic mass is 9.80. The van der Waals surface area contributed by atoms with Gasteiger partial charge < -0.3 is 70.3 Å². The molecular formula is C97H111N12O17PSi. The molecule has 6 heterocycles. The summed E-state index contributed by atoms with van der Waals surface area (Å²) in [6.07, 6.45) is 0.568. The summed E-state index contributed by atoms with van der Waals surface area (Å²) in [6, 6.07) is 71.7. The minimum atomic E-state index is -2.53. The molecule has 128 heavy (non-hydrogen) atoms. The standard InChI is InChI=1S/C97H111N12O17PSi/c1-65(2)109(66(3)4)127(122-56-28-53-98)125-79-57-85(123-81(79)59-120-96(67-29-18-14-19-30-67,69-37-45-73(112-8)46-38-69)70-39-47-74(113-9)48-40-70)107-63-99-87-89(107)103-93(101-83(110)61-118-77-33-22-16-23-34-77)105-91(87)116-54-26-27-55-117-92-88-90(104-94(106-92)102-84(111)62-119-78-35-24-17-25-36-78)108(64-100-88)86-58-80(126-128(12,13)95(5,6)7)82(124-86)60-121-97(68-31-20-15-21-32-68,71-41-49-75(114-10)50-42-71)72-43-51-76(115-11)52-44-72/h14-25,29-52,63-66,79-82,85-86H,26-28,54-62H2,1-13H3,(H,101,103,105,110)(H,102,104,106,111)/t79-,80-,81+,82+,85+,86+,127?/m0/s1. The van der Waals surface area contributed by atoms with Crippen LogP contribution in [0.25, 0.3) is 22.3 Å². The van der Waals surface area contributed by atoms with E-state index in [1.54, 1.807) is 69.9 Å². The second-order valence-corrected chi connectivity index (χ2v) is 39.2. The van der Waals surface area contributed by atoms with Crippen LogP contribution in [0.1, 0.15) is 126 Å². The van der Waals surface area contributed by atoms with Crippen LogP contribution in [0.4, 0.5) is 11.9 Å². The number of imidazole rings is 2. The van der Waals surface area contributed by atoms with Crippen LogP contribution in [-0.4, -0.2) is 175 Å². The summed E-state index contributed by atoms with van der Waals surface area (Å²) in [5, 5.41) is 15.3. The van der Waals surface area contributed by atoms with Crippen LogP contribution >= 0.6 is 8.53 Å². The highest BCUT2D eigenvalue weighted by atomic mass is 31.2. The second-order valence-electron chi connectivity index (χ2n) is 33.0. The van der Waals surface area contributed by atoms with Gasteiger partial charge in [0.15, 0.2) is 43.9 Å². The van der Waals surface area contributed by atoms with Gasteiger partial charge in [-0.25, -0.2) is 14.6 Å². The van der Waals surface area contributed by atoms with Crippen molar-refractivity contribution < 1.29 is 79.9 Å². The molecule has 2 fully saturated rings. The van der Waals surface area contributed by atoms with Gasteiger partial charge in [-0.1, -0.05) is 166 Å². The zero-order chi connectivity index (χ0) is 90.0. The Labute approximate surface area is 748 Å². The molecule has 29 nitrogen and oxygen atoms in total. The van der Waals surface area contributed by atoms with Crippen LogP contribution in [-0.2, 0) is 53.2 Å². The largest absolute Gasteiger partial charge is 0.497 e. The van der Waals surface area contributed by atoms with Gasteiger partial charge in [-0.15, -0.1) is 0 Å². The molecule has 0 aliphatic carbocycles.